The van der Waals surface area contributed by atoms with Gasteiger partial charge in [-0.05, 0) is 104 Å². The van der Waals surface area contributed by atoms with Gasteiger partial charge in [-0.3, -0.25) is 0 Å². The van der Waals surface area contributed by atoms with Gasteiger partial charge in [-0.25, -0.2) is 0 Å². The lowest BCUT2D eigenvalue weighted by molar-refractivity contribution is 0.172. The van der Waals surface area contributed by atoms with Gasteiger partial charge >= 0.3 is 17.6 Å². The largest absolute Gasteiger partial charge is 0.472 e. The first-order valence-corrected chi connectivity index (χ1v) is 29.1. The minimum absolute atomic E-state index is 0.573. The fourth-order valence-corrected chi connectivity index (χ4v) is 27.0. The summed E-state index contributed by atoms with van der Waals surface area (Å²) in [6.07, 6.45) is 1.59. The van der Waals surface area contributed by atoms with E-state index in [0.29, 0.717) is 25.2 Å². The van der Waals surface area contributed by atoms with Crippen molar-refractivity contribution in [3.05, 3.63) is 0 Å². The highest BCUT2D eigenvalue weighted by Crippen LogP contribution is 2.35. The van der Waals surface area contributed by atoms with Gasteiger partial charge in [0.1, 0.15) is 0 Å². The Bertz CT molecular complexity index is 451. The van der Waals surface area contributed by atoms with E-state index in [0.717, 1.165) is 12.8 Å². The van der Waals surface area contributed by atoms with Crippen LogP contribution in [-0.2, 0) is 20.6 Å². The Kier molecular flexibility index (Phi) is 12.5. The Morgan fingerprint density at radius 3 is 0.806 bits per heavy atom. The second-order valence-electron chi connectivity index (χ2n) is 12.1. The third-order valence-electron chi connectivity index (χ3n) is 3.53. The van der Waals surface area contributed by atoms with E-state index in [1.165, 1.54) is 0 Å². The molecule has 0 unspecified atom stereocenters. The van der Waals surface area contributed by atoms with Gasteiger partial charge in [-0.1, -0.05) is 0 Å². The zero-order chi connectivity index (χ0) is 24.8. The van der Waals surface area contributed by atoms with Gasteiger partial charge in [-0.2, -0.15) is 0 Å². The van der Waals surface area contributed by atoms with Crippen molar-refractivity contribution in [2.45, 2.75) is 103 Å². The highest BCUT2D eigenvalue weighted by Gasteiger charge is 2.58. The first-order chi connectivity index (χ1) is 13.7. The summed E-state index contributed by atoms with van der Waals surface area (Å²) >= 11 is 0. The van der Waals surface area contributed by atoms with Crippen molar-refractivity contribution in [3.8, 4) is 0 Å². The highest BCUT2D eigenvalue weighted by molar-refractivity contribution is 6.92. The molecule has 0 atom stereocenters. The van der Waals surface area contributed by atoms with Gasteiger partial charge in [0, 0.05) is 12.1 Å². The van der Waals surface area contributed by atoms with Crippen LogP contribution < -0.4 is 11.5 Å². The highest BCUT2D eigenvalue weighted by atomic mass is 28.5. The van der Waals surface area contributed by atoms with Crippen LogP contribution in [0.2, 0.25) is 90.7 Å². The van der Waals surface area contributed by atoms with Crippen molar-refractivity contribution in [1.82, 2.24) is 0 Å². The van der Waals surface area contributed by atoms with Gasteiger partial charge < -0.3 is 32.0 Å². The lowest BCUT2D eigenvalue weighted by atomic mass is 10.5. The Morgan fingerprint density at radius 2 is 0.645 bits per heavy atom. The second-order valence-corrected chi connectivity index (χ2v) is 36.8. The Morgan fingerprint density at radius 1 is 0.419 bits per heavy atom. The number of nitrogens with two attached hydrogens (primary N) is 2. The third-order valence-corrected chi connectivity index (χ3v) is 22.7. The van der Waals surface area contributed by atoms with Crippen molar-refractivity contribution in [3.63, 3.8) is 0 Å². The topological polar surface area (TPSA) is 98.2 Å². The van der Waals surface area contributed by atoms with E-state index in [1.807, 2.05) is 0 Å². The van der Waals surface area contributed by atoms with E-state index in [2.05, 4.69) is 78.6 Å². The fraction of sp³-hybridized carbons (Fsp3) is 1.00. The van der Waals surface area contributed by atoms with E-state index in [1.54, 1.807) is 0 Å². The normalized spacial score (nSPS) is 14.9. The van der Waals surface area contributed by atoms with Crippen molar-refractivity contribution in [2.24, 2.45) is 11.5 Å². The SMILES string of the molecule is C[Si](C)(C)O[Si](CCCN)(O[Si](C)(C)C)O[Si](CCCN)(O[Si](C)(C)C)O[Si](C)(C)C. The van der Waals surface area contributed by atoms with E-state index >= 15 is 0 Å². The summed E-state index contributed by atoms with van der Waals surface area (Å²) in [7, 11) is -14.2. The van der Waals surface area contributed by atoms with Crippen LogP contribution >= 0.6 is 0 Å². The molecule has 0 spiro atoms. The maximum Gasteiger partial charge on any atom is 0.472 e. The molecule has 0 saturated carbocycles. The fourth-order valence-electron chi connectivity index (χ4n) is 3.17. The average Bonchev–Trinajstić information content (AvgIpc) is 2.43. The van der Waals surface area contributed by atoms with Gasteiger partial charge in [0.25, 0.3) is 0 Å². The number of hydrogen-bond donors (Lipinski definition) is 2. The predicted octanol–water partition coefficient (Wildman–Crippen LogP) is 4.98. The minimum atomic E-state index is -3.11. The molecule has 0 saturated heterocycles. The van der Waals surface area contributed by atoms with Crippen LogP contribution in [0.15, 0.2) is 0 Å². The van der Waals surface area contributed by atoms with Crippen molar-refractivity contribution >= 4 is 50.9 Å². The molecule has 0 aliphatic heterocycles. The van der Waals surface area contributed by atoms with Crippen LogP contribution in [0.4, 0.5) is 0 Å². The van der Waals surface area contributed by atoms with Crippen molar-refractivity contribution in [1.29, 1.82) is 0 Å². The zero-order valence-corrected chi connectivity index (χ0v) is 28.4. The molecule has 0 amide bonds. The van der Waals surface area contributed by atoms with Gasteiger partial charge in [-0.15, -0.1) is 0 Å². The molecule has 7 nitrogen and oxygen atoms in total. The zero-order valence-electron chi connectivity index (χ0n) is 22.4. The minimum Gasteiger partial charge on any atom is -0.417 e. The lowest BCUT2D eigenvalue weighted by Gasteiger charge is -2.47. The summed E-state index contributed by atoms with van der Waals surface area (Å²) in [5.41, 5.74) is 11.9. The number of hydrogen-bond acceptors (Lipinski definition) is 7. The summed E-state index contributed by atoms with van der Waals surface area (Å²) in [6.45, 7) is 27.4. The van der Waals surface area contributed by atoms with Crippen LogP contribution in [0.25, 0.3) is 0 Å². The van der Waals surface area contributed by atoms with Gasteiger partial charge in [0.15, 0.2) is 33.3 Å². The maximum atomic E-state index is 7.15. The summed E-state index contributed by atoms with van der Waals surface area (Å²) < 4.78 is 34.6. The monoisotopic (exact) mass is 544 g/mol. The van der Waals surface area contributed by atoms with Crippen LogP contribution in [0.1, 0.15) is 12.8 Å². The van der Waals surface area contributed by atoms with E-state index in [9.17, 15) is 0 Å². The Hall–Kier alpha value is 1.02. The molecule has 0 heterocycles. The maximum absolute atomic E-state index is 7.15. The molecule has 0 aromatic carbocycles. The molecular weight excluding hydrogens is 493 g/mol. The van der Waals surface area contributed by atoms with Gasteiger partial charge in [0.2, 0.25) is 0 Å². The first-order valence-electron chi connectivity index (χ1n) is 11.6. The molecule has 188 valence electrons. The summed E-state index contributed by atoms with van der Waals surface area (Å²) in [5.74, 6) is 0. The molecule has 0 aliphatic rings. The van der Waals surface area contributed by atoms with E-state index < -0.39 is 50.9 Å². The molecule has 0 aromatic rings. The average molecular weight is 545 g/mol. The van der Waals surface area contributed by atoms with Crippen molar-refractivity contribution < 1.29 is 20.6 Å². The molecule has 0 radical (unpaired) electrons. The first kappa shape index (κ1) is 32.0. The quantitative estimate of drug-likeness (QED) is 0.264. The molecule has 13 heteroatoms. The molecular formula is C18H52N2O5Si6. The molecule has 0 aliphatic carbocycles. The number of rotatable bonds is 16. The second kappa shape index (κ2) is 12.1. The van der Waals surface area contributed by atoms with E-state index in [-0.39, 0.29) is 0 Å². The lowest BCUT2D eigenvalue weighted by Crippen LogP contribution is -2.67. The van der Waals surface area contributed by atoms with Crippen LogP contribution in [0, 0.1) is 0 Å². The summed E-state index contributed by atoms with van der Waals surface area (Å²) in [4.78, 5) is 0. The van der Waals surface area contributed by atoms with Gasteiger partial charge in [0.05, 0.1) is 0 Å². The van der Waals surface area contributed by atoms with Crippen molar-refractivity contribution in [2.75, 3.05) is 13.1 Å². The Balaban J connectivity index is 6.61. The Labute approximate surface area is 199 Å². The predicted molar refractivity (Wildman–Crippen MR) is 147 cm³/mol. The third kappa shape index (κ3) is 15.5. The molecule has 4 N–H and O–H groups in total. The van der Waals surface area contributed by atoms with Crippen LogP contribution in [-0.4, -0.2) is 64.0 Å². The van der Waals surface area contributed by atoms with Crippen LogP contribution in [0.3, 0.4) is 0 Å². The standard InChI is InChI=1S/C18H52N2O5Si6/c1-26(2,3)21-30(17-13-15-19,22-27(4,5)6)25-31(18-14-16-20,23-28(7,8)9)24-29(10,11)12/h13-20H2,1-12H3. The smallest absolute Gasteiger partial charge is 0.417 e. The molecule has 0 bridgehead atoms. The van der Waals surface area contributed by atoms with E-state index in [4.69, 9.17) is 32.0 Å². The summed E-state index contributed by atoms with van der Waals surface area (Å²) in [5, 5.41) is 0. The molecule has 0 aromatic heterocycles. The molecule has 0 rings (SSSR count). The molecule has 31 heavy (non-hydrogen) atoms. The van der Waals surface area contributed by atoms with Crippen LogP contribution in [0.5, 0.6) is 0 Å². The molecule has 0 fully saturated rings. The summed E-state index contributed by atoms with van der Waals surface area (Å²) in [6, 6.07) is 1.39.